The molecule has 1 aromatic rings. The number of carbonyl (C=O) groups is 1. The van der Waals surface area contributed by atoms with Crippen molar-refractivity contribution in [1.82, 2.24) is 10.2 Å². The predicted molar refractivity (Wildman–Crippen MR) is 109 cm³/mol. The fourth-order valence-electron chi connectivity index (χ4n) is 4.53. The smallest absolute Gasteiger partial charge is 0.200 e. The van der Waals surface area contributed by atoms with E-state index >= 15 is 0 Å². The summed E-state index contributed by atoms with van der Waals surface area (Å²) >= 11 is 0. The first-order valence-corrected chi connectivity index (χ1v) is 10.2. The number of hydrogen-bond donors (Lipinski definition) is 1. The van der Waals surface area contributed by atoms with E-state index in [9.17, 15) is 4.79 Å². The van der Waals surface area contributed by atoms with E-state index in [0.717, 1.165) is 51.6 Å². The zero-order valence-corrected chi connectivity index (χ0v) is 19.5. The van der Waals surface area contributed by atoms with Crippen molar-refractivity contribution in [3.63, 3.8) is 0 Å². The minimum Gasteiger partial charge on any atom is -0.377 e. The Morgan fingerprint density at radius 3 is 2.75 bits per heavy atom. The van der Waals surface area contributed by atoms with E-state index in [1.165, 1.54) is 5.56 Å². The predicted octanol–water partition coefficient (Wildman–Crippen LogP) is 3.42. The van der Waals surface area contributed by atoms with Crippen molar-refractivity contribution in [2.24, 2.45) is 0 Å². The topological polar surface area (TPSA) is 41.6 Å². The Morgan fingerprint density at radius 1 is 1.32 bits per heavy atom. The van der Waals surface area contributed by atoms with Gasteiger partial charge in [0.2, 0.25) is 7.85 Å². The Hall–Kier alpha value is -0.481. The maximum Gasteiger partial charge on any atom is 0.200 e. The number of carbonyl (C=O) groups excluding carboxylic acids is 1. The molecule has 0 bridgehead atoms. The Balaban J connectivity index is 0.00000280. The molecule has 0 aromatic heterocycles. The van der Waals surface area contributed by atoms with Crippen LogP contribution in [0.15, 0.2) is 36.9 Å². The normalized spacial score (nSPS) is 28.1. The molecule has 1 saturated heterocycles. The summed E-state index contributed by atoms with van der Waals surface area (Å²) in [5.74, 6) is 0.146. The summed E-state index contributed by atoms with van der Waals surface area (Å²) in [4.78, 5) is 13.7. The van der Waals surface area contributed by atoms with Gasteiger partial charge in [-0.2, -0.15) is 35.9 Å². The van der Waals surface area contributed by atoms with Crippen LogP contribution in [0.5, 0.6) is 0 Å². The Kier molecular flexibility index (Phi) is 10.4. The van der Waals surface area contributed by atoms with Crippen LogP contribution < -0.4 is 5.32 Å². The van der Waals surface area contributed by atoms with Gasteiger partial charge in [-0.25, -0.2) is 0 Å². The maximum atomic E-state index is 11.4. The summed E-state index contributed by atoms with van der Waals surface area (Å²) < 4.78 is 6.32. The van der Waals surface area contributed by atoms with Crippen molar-refractivity contribution < 1.29 is 42.2 Å². The fraction of sp³-hybridized carbons (Fsp3) is 0.591. The summed E-state index contributed by atoms with van der Waals surface area (Å²) in [7, 11) is 5.38. The van der Waals surface area contributed by atoms with Crippen molar-refractivity contribution >= 4 is 13.7 Å². The van der Waals surface area contributed by atoms with Crippen LogP contribution in [-0.4, -0.2) is 56.4 Å². The van der Waals surface area contributed by atoms with Crippen LogP contribution in [0.25, 0.3) is 0 Å². The van der Waals surface area contributed by atoms with Crippen LogP contribution in [-0.2, 0) is 37.4 Å². The zero-order valence-electron chi connectivity index (χ0n) is 16.7. The monoisotopic (exact) mass is 454 g/mol. The molecule has 1 saturated carbocycles. The first-order chi connectivity index (χ1) is 13.2. The SMILES string of the molecule is [B]C(=O)NC1CCCN(CC=C)C1COC1CCC(c2[c-]cccc2)CC1.[Y]. The number of piperidine rings is 1. The molecule has 1 aliphatic heterocycles. The average Bonchev–Trinajstić information content (AvgIpc) is 2.68. The first-order valence-electron chi connectivity index (χ1n) is 10.2. The molecule has 28 heavy (non-hydrogen) atoms. The molecule has 0 spiro atoms. The average molecular weight is 454 g/mol. The summed E-state index contributed by atoms with van der Waals surface area (Å²) in [5.41, 5.74) is 1.33. The number of rotatable bonds is 7. The third kappa shape index (κ3) is 6.79. The van der Waals surface area contributed by atoms with E-state index < -0.39 is 5.81 Å². The van der Waals surface area contributed by atoms with Crippen molar-refractivity contribution in [3.8, 4) is 0 Å². The van der Waals surface area contributed by atoms with Gasteiger partial charge in [0.25, 0.3) is 0 Å². The molecule has 1 N–H and O–H groups in total. The molecule has 3 rings (SSSR count). The molecule has 1 aromatic carbocycles. The number of likely N-dealkylation sites (tertiary alicyclic amines) is 1. The molecule has 2 atom stereocenters. The van der Waals surface area contributed by atoms with E-state index in [4.69, 9.17) is 12.6 Å². The molecular weight excluding hydrogens is 424 g/mol. The molecule has 1 amide bonds. The molecule has 147 valence electrons. The quantitative estimate of drug-likeness (QED) is 0.390. The van der Waals surface area contributed by atoms with Crippen LogP contribution in [0, 0.1) is 6.07 Å². The number of benzene rings is 1. The van der Waals surface area contributed by atoms with E-state index in [1.54, 1.807) is 0 Å². The summed E-state index contributed by atoms with van der Waals surface area (Å²) in [6.07, 6.45) is 8.66. The van der Waals surface area contributed by atoms with Crippen LogP contribution in [0.4, 0.5) is 4.79 Å². The molecule has 4 nitrogen and oxygen atoms in total. The van der Waals surface area contributed by atoms with Gasteiger partial charge in [0, 0.05) is 45.3 Å². The van der Waals surface area contributed by atoms with Gasteiger partial charge in [-0.1, -0.05) is 6.08 Å². The maximum absolute atomic E-state index is 11.4. The number of amides is 1. The van der Waals surface area contributed by atoms with Gasteiger partial charge in [0.05, 0.1) is 18.8 Å². The van der Waals surface area contributed by atoms with Gasteiger partial charge < -0.3 is 10.1 Å². The van der Waals surface area contributed by atoms with Crippen molar-refractivity contribution in [2.45, 2.75) is 62.6 Å². The molecule has 2 fully saturated rings. The first kappa shape index (κ1) is 23.8. The number of hydrogen-bond acceptors (Lipinski definition) is 3. The molecule has 6 heteroatoms. The minimum absolute atomic E-state index is 0. The van der Waals surface area contributed by atoms with Crippen LogP contribution in [0.1, 0.15) is 50.0 Å². The third-order valence-corrected chi connectivity index (χ3v) is 5.94. The number of nitrogens with one attached hydrogen (secondary N) is 1. The summed E-state index contributed by atoms with van der Waals surface area (Å²) in [5, 5.41) is 2.92. The summed E-state index contributed by atoms with van der Waals surface area (Å²) in [6, 6.07) is 11.9. The van der Waals surface area contributed by atoms with Crippen molar-refractivity contribution in [3.05, 3.63) is 48.6 Å². The van der Waals surface area contributed by atoms with E-state index in [0.29, 0.717) is 18.6 Å². The fourth-order valence-corrected chi connectivity index (χ4v) is 4.53. The van der Waals surface area contributed by atoms with Gasteiger partial charge >= 0.3 is 0 Å². The molecule has 2 aliphatic rings. The Bertz CT molecular complexity index is 608. The van der Waals surface area contributed by atoms with Gasteiger partial charge in [0.15, 0.2) is 5.81 Å². The molecule has 2 unspecified atom stereocenters. The molecular formula is C22H30BN2O2Y-. The minimum atomic E-state index is -0.454. The van der Waals surface area contributed by atoms with Crippen LogP contribution in [0.3, 0.4) is 0 Å². The van der Waals surface area contributed by atoms with Crippen molar-refractivity contribution in [2.75, 3.05) is 19.7 Å². The van der Waals surface area contributed by atoms with Crippen molar-refractivity contribution in [1.29, 1.82) is 0 Å². The Labute approximate surface area is 196 Å². The summed E-state index contributed by atoms with van der Waals surface area (Å²) in [6.45, 7) is 6.31. The largest absolute Gasteiger partial charge is 0.377 e. The second-order valence-electron chi connectivity index (χ2n) is 7.73. The van der Waals surface area contributed by atoms with E-state index in [-0.39, 0.29) is 44.8 Å². The van der Waals surface area contributed by atoms with Gasteiger partial charge in [0.1, 0.15) is 0 Å². The molecule has 1 aliphatic carbocycles. The second-order valence-corrected chi connectivity index (χ2v) is 7.73. The van der Waals surface area contributed by atoms with Gasteiger partial charge in [-0.05, 0) is 51.0 Å². The Morgan fingerprint density at radius 2 is 2.11 bits per heavy atom. The molecule has 1 heterocycles. The third-order valence-electron chi connectivity index (χ3n) is 5.94. The molecule has 3 radical (unpaired) electrons. The van der Waals surface area contributed by atoms with Gasteiger partial charge in [-0.3, -0.25) is 9.69 Å². The second kappa shape index (κ2) is 12.3. The van der Waals surface area contributed by atoms with E-state index in [1.807, 2.05) is 18.2 Å². The number of ether oxygens (including phenoxy) is 1. The zero-order chi connectivity index (χ0) is 19.1. The van der Waals surface area contributed by atoms with E-state index in [2.05, 4.69) is 35.0 Å². The van der Waals surface area contributed by atoms with Crippen LogP contribution in [0.2, 0.25) is 0 Å². The number of nitrogens with zero attached hydrogens (tertiary/aromatic N) is 1. The standard InChI is InChI=1S/C22H30BN2O2.Y/c1-2-14-25-15-6-9-20(24-22(23)26)21(25)16-27-19-12-10-18(11-13-19)17-7-4-3-5-8-17;/h2-5,7,18-21H,1,6,9-16H2,(H,24,26);/q-1;. The van der Waals surface area contributed by atoms with Gasteiger partial charge in [-0.15, -0.1) is 6.58 Å². The van der Waals surface area contributed by atoms with Crippen LogP contribution >= 0.6 is 0 Å².